The molecule has 0 saturated carbocycles. The van der Waals surface area contributed by atoms with Gasteiger partial charge >= 0.3 is 0 Å². The molecule has 7 heteroatoms. The molecule has 4 rings (SSSR count). The number of imidazole rings is 1. The van der Waals surface area contributed by atoms with Gasteiger partial charge in [0.15, 0.2) is 0 Å². The minimum absolute atomic E-state index is 0.0728. The number of hydrogen-bond acceptors (Lipinski definition) is 5. The molecule has 2 saturated heterocycles. The normalized spacial score (nSPS) is 25.1. The smallest absolute Gasteiger partial charge is 0.245 e. The molecule has 0 bridgehead atoms. The molecule has 2 aliphatic heterocycles. The number of piperidine rings is 1. The van der Waals surface area contributed by atoms with Crippen LogP contribution in [0.15, 0.2) is 23.8 Å². The molecule has 1 amide bonds. The predicted octanol–water partition coefficient (Wildman–Crippen LogP) is 2.33. The third-order valence-corrected chi connectivity index (χ3v) is 5.92. The summed E-state index contributed by atoms with van der Waals surface area (Å²) in [6.07, 6.45) is 6.66. The lowest BCUT2D eigenvalue weighted by molar-refractivity contribution is -0.122. The van der Waals surface area contributed by atoms with Crippen molar-refractivity contribution >= 4 is 22.2 Å². The van der Waals surface area contributed by atoms with E-state index in [0.29, 0.717) is 18.0 Å². The van der Waals surface area contributed by atoms with Crippen LogP contribution in [0.5, 0.6) is 0 Å². The van der Waals surface area contributed by atoms with Gasteiger partial charge in [0.1, 0.15) is 16.9 Å². The van der Waals surface area contributed by atoms with Gasteiger partial charge in [-0.2, -0.15) is 5.26 Å². The highest BCUT2D eigenvalue weighted by Crippen LogP contribution is 2.34. The lowest BCUT2D eigenvalue weighted by atomic mass is 9.95. The Hall–Kier alpha value is -2.17. The van der Waals surface area contributed by atoms with Crippen LogP contribution in [-0.2, 0) is 4.79 Å². The molecule has 2 aliphatic rings. The quantitative estimate of drug-likeness (QED) is 0.929. The van der Waals surface area contributed by atoms with Gasteiger partial charge in [0.2, 0.25) is 5.91 Å². The van der Waals surface area contributed by atoms with Crippen LogP contribution >= 0.6 is 11.3 Å². The van der Waals surface area contributed by atoms with E-state index in [1.165, 1.54) is 11.3 Å². The lowest BCUT2D eigenvalue weighted by Gasteiger charge is -2.35. The van der Waals surface area contributed by atoms with Crippen LogP contribution in [0.1, 0.15) is 36.6 Å². The first-order chi connectivity index (χ1) is 11.8. The second-order valence-corrected chi connectivity index (χ2v) is 7.25. The number of likely N-dealkylation sites (tertiary alicyclic amines) is 1. The molecule has 2 unspecified atom stereocenters. The summed E-state index contributed by atoms with van der Waals surface area (Å²) in [6.45, 7) is 2.52. The van der Waals surface area contributed by atoms with Gasteiger partial charge in [0.25, 0.3) is 0 Å². The van der Waals surface area contributed by atoms with Crippen molar-refractivity contribution in [2.45, 2.75) is 31.2 Å². The molecule has 2 fully saturated rings. The molecule has 24 heavy (non-hydrogen) atoms. The van der Waals surface area contributed by atoms with Crippen molar-refractivity contribution in [3.8, 4) is 6.07 Å². The van der Waals surface area contributed by atoms with Gasteiger partial charge < -0.3 is 9.88 Å². The van der Waals surface area contributed by atoms with Crippen LogP contribution in [0.4, 0.5) is 5.00 Å². The second kappa shape index (κ2) is 6.38. The second-order valence-electron chi connectivity index (χ2n) is 6.35. The zero-order valence-electron chi connectivity index (χ0n) is 13.3. The van der Waals surface area contributed by atoms with E-state index in [9.17, 15) is 10.1 Å². The van der Waals surface area contributed by atoms with Crippen LogP contribution in [0.25, 0.3) is 0 Å². The maximum absolute atomic E-state index is 12.9. The molecule has 0 spiro atoms. The highest BCUT2D eigenvalue weighted by molar-refractivity contribution is 7.14. The van der Waals surface area contributed by atoms with Crippen LogP contribution in [0.3, 0.4) is 0 Å². The largest absolute Gasteiger partial charge is 0.348 e. The summed E-state index contributed by atoms with van der Waals surface area (Å²) in [5.74, 6) is 1.52. The number of hydrogen-bond donors (Lipinski definition) is 1. The van der Waals surface area contributed by atoms with Gasteiger partial charge in [0.05, 0.1) is 11.6 Å². The van der Waals surface area contributed by atoms with Crippen molar-refractivity contribution in [3.05, 3.63) is 35.2 Å². The van der Waals surface area contributed by atoms with Gasteiger partial charge in [0, 0.05) is 31.4 Å². The third-order valence-electron chi connectivity index (χ3n) is 4.99. The maximum atomic E-state index is 12.9. The standard InChI is InChI=1S/C17H19N5OS/c18-10-12-4-9-24-17(12)22-8-3-14(16(22)23)21-7-1-2-13(11-21)15-19-5-6-20-15/h4-6,9,13-14H,1-3,7-8,11H2,(H,19,20). The molecule has 0 radical (unpaired) electrons. The Kier molecular flexibility index (Phi) is 4.08. The number of carbonyl (C=O) groups is 1. The van der Waals surface area contributed by atoms with Gasteiger partial charge in [-0.25, -0.2) is 4.98 Å². The SMILES string of the molecule is N#Cc1ccsc1N1CCC(N2CCCC(c3ncc[nH]3)C2)C1=O. The fourth-order valence-corrected chi connectivity index (χ4v) is 4.70. The van der Waals surface area contributed by atoms with Crippen molar-refractivity contribution in [1.82, 2.24) is 14.9 Å². The van der Waals surface area contributed by atoms with E-state index in [2.05, 4.69) is 20.9 Å². The average Bonchev–Trinajstić information content (AvgIpc) is 3.35. The molecule has 6 nitrogen and oxygen atoms in total. The molecule has 124 valence electrons. The Morgan fingerprint density at radius 3 is 3.08 bits per heavy atom. The van der Waals surface area contributed by atoms with E-state index in [1.54, 1.807) is 17.2 Å². The summed E-state index contributed by atoms with van der Waals surface area (Å²) < 4.78 is 0. The van der Waals surface area contributed by atoms with Crippen LogP contribution < -0.4 is 4.90 Å². The number of aromatic amines is 1. The number of amides is 1. The molecule has 2 aromatic heterocycles. The van der Waals surface area contributed by atoms with E-state index < -0.39 is 0 Å². The number of nitriles is 1. The number of thiophene rings is 1. The Balaban J connectivity index is 1.49. The molecule has 0 aromatic carbocycles. The van der Waals surface area contributed by atoms with Crippen molar-refractivity contribution in [1.29, 1.82) is 5.26 Å². The molecule has 1 N–H and O–H groups in total. The number of H-pyrrole nitrogens is 1. The fraction of sp³-hybridized carbons (Fsp3) is 0.471. The van der Waals surface area contributed by atoms with Crippen LogP contribution in [-0.4, -0.2) is 46.5 Å². The topological polar surface area (TPSA) is 76.0 Å². The molecule has 4 heterocycles. The van der Waals surface area contributed by atoms with Gasteiger partial charge in [-0.15, -0.1) is 11.3 Å². The predicted molar refractivity (Wildman–Crippen MR) is 91.9 cm³/mol. The number of aromatic nitrogens is 2. The van der Waals surface area contributed by atoms with E-state index >= 15 is 0 Å². The van der Waals surface area contributed by atoms with E-state index in [1.807, 2.05) is 11.6 Å². The zero-order chi connectivity index (χ0) is 16.5. The van der Waals surface area contributed by atoms with Gasteiger partial charge in [-0.1, -0.05) is 0 Å². The Morgan fingerprint density at radius 1 is 1.38 bits per heavy atom. The minimum atomic E-state index is -0.0728. The number of nitrogens with one attached hydrogen (secondary N) is 1. The highest BCUT2D eigenvalue weighted by Gasteiger charge is 2.39. The maximum Gasteiger partial charge on any atom is 0.245 e. The molecule has 2 aromatic rings. The van der Waals surface area contributed by atoms with E-state index in [-0.39, 0.29) is 11.9 Å². The third kappa shape index (κ3) is 2.62. The van der Waals surface area contributed by atoms with Crippen molar-refractivity contribution < 1.29 is 4.79 Å². The Morgan fingerprint density at radius 2 is 2.29 bits per heavy atom. The molecular formula is C17H19N5OS. The van der Waals surface area contributed by atoms with Crippen LogP contribution in [0, 0.1) is 11.3 Å². The number of anilines is 1. The first-order valence-electron chi connectivity index (χ1n) is 8.30. The van der Waals surface area contributed by atoms with E-state index in [4.69, 9.17) is 0 Å². The van der Waals surface area contributed by atoms with Crippen LogP contribution in [0.2, 0.25) is 0 Å². The first-order valence-corrected chi connectivity index (χ1v) is 9.18. The van der Waals surface area contributed by atoms with Gasteiger partial charge in [-0.05, 0) is 37.3 Å². The number of rotatable bonds is 3. The summed E-state index contributed by atoms with van der Waals surface area (Å²) in [4.78, 5) is 24.6. The summed E-state index contributed by atoms with van der Waals surface area (Å²) in [5.41, 5.74) is 0.598. The lowest BCUT2D eigenvalue weighted by Crippen LogP contribution is -2.46. The Bertz CT molecular complexity index is 762. The summed E-state index contributed by atoms with van der Waals surface area (Å²) in [6, 6.07) is 3.90. The summed E-state index contributed by atoms with van der Waals surface area (Å²) >= 11 is 1.47. The molecule has 2 atom stereocenters. The molecular weight excluding hydrogens is 322 g/mol. The van der Waals surface area contributed by atoms with Crippen molar-refractivity contribution in [3.63, 3.8) is 0 Å². The average molecular weight is 341 g/mol. The number of nitrogens with zero attached hydrogens (tertiary/aromatic N) is 4. The zero-order valence-corrected chi connectivity index (χ0v) is 14.1. The monoisotopic (exact) mass is 341 g/mol. The first kappa shape index (κ1) is 15.4. The Labute approximate surface area is 144 Å². The minimum Gasteiger partial charge on any atom is -0.348 e. The number of carbonyl (C=O) groups excluding carboxylic acids is 1. The molecule has 0 aliphatic carbocycles. The van der Waals surface area contributed by atoms with Crippen molar-refractivity contribution in [2.24, 2.45) is 0 Å². The highest BCUT2D eigenvalue weighted by atomic mass is 32.1. The fourth-order valence-electron chi connectivity index (χ4n) is 3.81. The van der Waals surface area contributed by atoms with E-state index in [0.717, 1.165) is 43.2 Å². The van der Waals surface area contributed by atoms with Gasteiger partial charge in [-0.3, -0.25) is 9.69 Å². The summed E-state index contributed by atoms with van der Waals surface area (Å²) in [5, 5.41) is 11.9. The summed E-state index contributed by atoms with van der Waals surface area (Å²) in [7, 11) is 0. The van der Waals surface area contributed by atoms with Crippen molar-refractivity contribution in [2.75, 3.05) is 24.5 Å².